The first-order valence-corrected chi connectivity index (χ1v) is 10.4. The van der Waals surface area contributed by atoms with E-state index in [1.807, 2.05) is 31.2 Å². The summed E-state index contributed by atoms with van der Waals surface area (Å²) in [6.07, 6.45) is 1.45. The molecule has 2 aromatic rings. The van der Waals surface area contributed by atoms with E-state index in [0.29, 0.717) is 24.7 Å². The summed E-state index contributed by atoms with van der Waals surface area (Å²) in [5, 5.41) is 0.726. The van der Waals surface area contributed by atoms with Crippen molar-refractivity contribution in [3.05, 3.63) is 52.7 Å². The zero-order valence-corrected chi connectivity index (χ0v) is 17.9. The highest BCUT2D eigenvalue weighted by Gasteiger charge is 2.18. The lowest BCUT2D eigenvalue weighted by molar-refractivity contribution is 0.0320. The normalized spacial score (nSPS) is 15.0. The van der Waals surface area contributed by atoms with E-state index in [9.17, 15) is 4.79 Å². The molecule has 7 nitrogen and oxygen atoms in total. The molecule has 1 aliphatic heterocycles. The number of oxazole rings is 1. The Balaban J connectivity index is 1.65. The molecule has 3 rings (SSSR count). The van der Waals surface area contributed by atoms with Crippen LogP contribution in [0.2, 0.25) is 5.02 Å². The fraction of sp³-hybridized carbons (Fsp3) is 0.524. The SMILES string of the molecule is CCN(C)C(=O)c1coc(CN(CCN2CCOCC2)Cc2ccc(Cl)cc2)n1. The van der Waals surface area contributed by atoms with Crippen molar-refractivity contribution in [2.24, 2.45) is 0 Å². The topological polar surface area (TPSA) is 62.1 Å². The standard InChI is InChI=1S/C21H29ClN4O3/c1-3-24(2)21(27)19-16-29-20(23-19)15-26(9-8-25-10-12-28-13-11-25)14-17-4-6-18(22)7-5-17/h4-7,16H,3,8-15H2,1-2H3. The summed E-state index contributed by atoms with van der Waals surface area (Å²) >= 11 is 6.02. The minimum Gasteiger partial charge on any atom is -0.447 e. The molecule has 1 saturated heterocycles. The lowest BCUT2D eigenvalue weighted by Gasteiger charge is -2.29. The van der Waals surface area contributed by atoms with Crippen LogP contribution in [0.3, 0.4) is 0 Å². The van der Waals surface area contributed by atoms with Gasteiger partial charge in [-0.25, -0.2) is 4.98 Å². The van der Waals surface area contributed by atoms with Gasteiger partial charge < -0.3 is 14.1 Å². The van der Waals surface area contributed by atoms with Gasteiger partial charge in [0.25, 0.3) is 5.91 Å². The molecule has 0 atom stereocenters. The molecule has 8 heteroatoms. The molecular weight excluding hydrogens is 392 g/mol. The molecule has 158 valence electrons. The van der Waals surface area contributed by atoms with Crippen LogP contribution in [0.5, 0.6) is 0 Å². The number of morpholine rings is 1. The Kier molecular flexibility index (Phi) is 8.06. The van der Waals surface area contributed by atoms with Crippen LogP contribution in [0.15, 0.2) is 34.9 Å². The molecule has 1 amide bonds. The summed E-state index contributed by atoms with van der Waals surface area (Å²) in [5.41, 5.74) is 1.52. The second-order valence-electron chi connectivity index (χ2n) is 7.24. The highest BCUT2D eigenvalue weighted by molar-refractivity contribution is 6.30. The van der Waals surface area contributed by atoms with E-state index < -0.39 is 0 Å². The molecule has 0 unspecified atom stereocenters. The number of benzene rings is 1. The minimum atomic E-state index is -0.125. The summed E-state index contributed by atoms with van der Waals surface area (Å²) < 4.78 is 11.0. The van der Waals surface area contributed by atoms with Gasteiger partial charge in [0.15, 0.2) is 5.69 Å². The van der Waals surface area contributed by atoms with Gasteiger partial charge in [0.2, 0.25) is 5.89 Å². The predicted molar refractivity (Wildman–Crippen MR) is 112 cm³/mol. The molecule has 0 saturated carbocycles. The minimum absolute atomic E-state index is 0.125. The maximum Gasteiger partial charge on any atom is 0.275 e. The molecule has 1 aromatic carbocycles. The highest BCUT2D eigenvalue weighted by atomic mass is 35.5. The summed E-state index contributed by atoms with van der Waals surface area (Å²) in [7, 11) is 1.76. The van der Waals surface area contributed by atoms with Crippen molar-refractivity contribution in [2.45, 2.75) is 20.0 Å². The third-order valence-corrected chi connectivity index (χ3v) is 5.36. The van der Waals surface area contributed by atoms with Crippen molar-refractivity contribution in [1.29, 1.82) is 0 Å². The Labute approximate surface area is 177 Å². The number of carbonyl (C=O) groups is 1. The number of hydrogen-bond donors (Lipinski definition) is 0. The number of rotatable bonds is 9. The van der Waals surface area contributed by atoms with Crippen molar-refractivity contribution in [3.63, 3.8) is 0 Å². The second-order valence-corrected chi connectivity index (χ2v) is 7.67. The molecule has 1 fully saturated rings. The molecule has 0 spiro atoms. The second kappa shape index (κ2) is 10.7. The van der Waals surface area contributed by atoms with Gasteiger partial charge in [0.1, 0.15) is 6.26 Å². The fourth-order valence-electron chi connectivity index (χ4n) is 3.18. The summed E-state index contributed by atoms with van der Waals surface area (Å²) in [4.78, 5) is 23.0. The van der Waals surface area contributed by atoms with E-state index in [0.717, 1.165) is 51.0 Å². The maximum absolute atomic E-state index is 12.3. The van der Waals surface area contributed by atoms with Gasteiger partial charge in [0.05, 0.1) is 19.8 Å². The average Bonchev–Trinajstić information content (AvgIpc) is 3.21. The molecular formula is C21H29ClN4O3. The Bertz CT molecular complexity index is 774. The van der Waals surface area contributed by atoms with E-state index in [1.54, 1.807) is 11.9 Å². The van der Waals surface area contributed by atoms with Crippen molar-refractivity contribution in [2.75, 3.05) is 53.0 Å². The first kappa shape index (κ1) is 21.8. The number of carbonyl (C=O) groups excluding carboxylic acids is 1. The van der Waals surface area contributed by atoms with Crippen LogP contribution < -0.4 is 0 Å². The lowest BCUT2D eigenvalue weighted by Crippen LogP contribution is -2.41. The van der Waals surface area contributed by atoms with Crippen molar-refractivity contribution < 1.29 is 13.9 Å². The molecule has 29 heavy (non-hydrogen) atoms. The van der Waals surface area contributed by atoms with Crippen molar-refractivity contribution in [3.8, 4) is 0 Å². The van der Waals surface area contributed by atoms with Crippen molar-refractivity contribution in [1.82, 2.24) is 19.7 Å². The third-order valence-electron chi connectivity index (χ3n) is 5.11. The molecule has 0 bridgehead atoms. The number of nitrogens with zero attached hydrogens (tertiary/aromatic N) is 4. The van der Waals surface area contributed by atoms with Crippen LogP contribution in [0.1, 0.15) is 28.9 Å². The summed E-state index contributed by atoms with van der Waals surface area (Å²) in [5.74, 6) is 0.425. The molecule has 0 N–H and O–H groups in total. The van der Waals surface area contributed by atoms with E-state index in [-0.39, 0.29) is 5.91 Å². The van der Waals surface area contributed by atoms with Gasteiger partial charge in [-0.05, 0) is 24.6 Å². The van der Waals surface area contributed by atoms with Crippen LogP contribution in [0.25, 0.3) is 0 Å². The Morgan fingerprint density at radius 2 is 1.93 bits per heavy atom. The van der Waals surface area contributed by atoms with Gasteiger partial charge in [0, 0.05) is 51.3 Å². The lowest BCUT2D eigenvalue weighted by atomic mass is 10.2. The van der Waals surface area contributed by atoms with Gasteiger partial charge >= 0.3 is 0 Å². The number of amides is 1. The van der Waals surface area contributed by atoms with Crippen molar-refractivity contribution >= 4 is 17.5 Å². The van der Waals surface area contributed by atoms with Crippen LogP contribution >= 0.6 is 11.6 Å². The first-order chi connectivity index (χ1) is 14.0. The molecule has 0 aliphatic carbocycles. The number of halogens is 1. The Hall–Kier alpha value is -1.93. The smallest absolute Gasteiger partial charge is 0.275 e. The quantitative estimate of drug-likeness (QED) is 0.621. The zero-order valence-electron chi connectivity index (χ0n) is 17.1. The van der Waals surface area contributed by atoms with Crippen LogP contribution in [-0.2, 0) is 17.8 Å². The number of aromatic nitrogens is 1. The van der Waals surface area contributed by atoms with E-state index in [2.05, 4.69) is 14.8 Å². The summed E-state index contributed by atoms with van der Waals surface area (Å²) in [6.45, 7) is 9.14. The van der Waals surface area contributed by atoms with Crippen LogP contribution in [0, 0.1) is 0 Å². The van der Waals surface area contributed by atoms with E-state index in [1.165, 1.54) is 11.8 Å². The molecule has 2 heterocycles. The zero-order chi connectivity index (χ0) is 20.6. The highest BCUT2D eigenvalue weighted by Crippen LogP contribution is 2.14. The van der Waals surface area contributed by atoms with Gasteiger partial charge in [-0.3, -0.25) is 14.6 Å². The Morgan fingerprint density at radius 1 is 1.21 bits per heavy atom. The van der Waals surface area contributed by atoms with E-state index >= 15 is 0 Å². The molecule has 0 radical (unpaired) electrons. The van der Waals surface area contributed by atoms with Gasteiger partial charge in [-0.1, -0.05) is 23.7 Å². The Morgan fingerprint density at radius 3 is 2.62 bits per heavy atom. The fourth-order valence-corrected chi connectivity index (χ4v) is 3.31. The molecule has 1 aromatic heterocycles. The molecule has 1 aliphatic rings. The average molecular weight is 421 g/mol. The predicted octanol–water partition coefficient (Wildman–Crippen LogP) is 2.75. The number of ether oxygens (including phenoxy) is 1. The monoisotopic (exact) mass is 420 g/mol. The first-order valence-electron chi connectivity index (χ1n) is 10.0. The van der Waals surface area contributed by atoms with Crippen LogP contribution in [-0.4, -0.2) is 78.6 Å². The van der Waals surface area contributed by atoms with Gasteiger partial charge in [-0.2, -0.15) is 0 Å². The largest absolute Gasteiger partial charge is 0.447 e. The van der Waals surface area contributed by atoms with Gasteiger partial charge in [-0.15, -0.1) is 0 Å². The van der Waals surface area contributed by atoms with E-state index in [4.69, 9.17) is 20.8 Å². The number of hydrogen-bond acceptors (Lipinski definition) is 6. The summed E-state index contributed by atoms with van der Waals surface area (Å²) in [6, 6.07) is 7.87. The third kappa shape index (κ3) is 6.54. The maximum atomic E-state index is 12.3. The van der Waals surface area contributed by atoms with Crippen LogP contribution in [0.4, 0.5) is 0 Å².